The van der Waals surface area contributed by atoms with Gasteiger partial charge in [-0.3, -0.25) is 4.90 Å². The molecule has 15 heavy (non-hydrogen) atoms. The van der Waals surface area contributed by atoms with E-state index in [9.17, 15) is 0 Å². The van der Waals surface area contributed by atoms with E-state index in [1.807, 2.05) is 0 Å². The highest BCUT2D eigenvalue weighted by atomic mass is 15.2. The van der Waals surface area contributed by atoms with Crippen molar-refractivity contribution in [2.24, 2.45) is 0 Å². The molecule has 0 bridgehead atoms. The maximum atomic E-state index is 8.82. The predicted molar refractivity (Wildman–Crippen MR) is 62.6 cm³/mol. The van der Waals surface area contributed by atoms with Gasteiger partial charge in [0.25, 0.3) is 0 Å². The molecule has 3 nitrogen and oxygen atoms in total. The van der Waals surface area contributed by atoms with Gasteiger partial charge in [0.15, 0.2) is 0 Å². The predicted octanol–water partition coefficient (Wildman–Crippen LogP) is 1.70. The van der Waals surface area contributed by atoms with Crippen molar-refractivity contribution in [1.82, 2.24) is 9.80 Å². The zero-order valence-electron chi connectivity index (χ0n) is 10.2. The monoisotopic (exact) mass is 209 g/mol. The minimum atomic E-state index is 0.455. The Balaban J connectivity index is 2.61. The molecule has 0 aromatic rings. The number of hydrogen-bond donors (Lipinski definition) is 0. The van der Waals surface area contributed by atoms with E-state index in [2.05, 4.69) is 36.8 Å². The summed E-state index contributed by atoms with van der Waals surface area (Å²) in [5, 5.41) is 8.82. The number of rotatable bonds is 3. The van der Waals surface area contributed by atoms with Crippen molar-refractivity contribution in [2.45, 2.75) is 45.2 Å². The van der Waals surface area contributed by atoms with Crippen LogP contribution in [0.25, 0.3) is 0 Å². The Morgan fingerprint density at radius 3 is 2.80 bits per heavy atom. The fourth-order valence-electron chi connectivity index (χ4n) is 2.53. The lowest BCUT2D eigenvalue weighted by Crippen LogP contribution is -2.44. The average molecular weight is 209 g/mol. The summed E-state index contributed by atoms with van der Waals surface area (Å²) in [5.74, 6) is 0. The molecular formula is C12H23N3. The molecule has 0 radical (unpaired) electrons. The largest absolute Gasteiger partial charge is 0.305 e. The van der Waals surface area contributed by atoms with Crippen molar-refractivity contribution in [3.8, 4) is 6.07 Å². The molecule has 0 spiro atoms. The molecule has 3 heteroatoms. The Labute approximate surface area is 93.7 Å². The number of hydrogen-bond acceptors (Lipinski definition) is 3. The first-order valence-electron chi connectivity index (χ1n) is 6.00. The topological polar surface area (TPSA) is 30.3 Å². The number of nitrogens with zero attached hydrogens (tertiary/aromatic N) is 3. The van der Waals surface area contributed by atoms with Crippen LogP contribution in [0.5, 0.6) is 0 Å². The van der Waals surface area contributed by atoms with Crippen LogP contribution in [0.1, 0.15) is 33.1 Å². The fraction of sp³-hybridized carbons (Fsp3) is 0.917. The van der Waals surface area contributed by atoms with E-state index in [0.717, 1.165) is 19.5 Å². The molecule has 2 unspecified atom stereocenters. The third kappa shape index (κ3) is 3.48. The lowest BCUT2D eigenvalue weighted by Gasteiger charge is -2.33. The quantitative estimate of drug-likeness (QED) is 0.709. The van der Waals surface area contributed by atoms with E-state index in [-0.39, 0.29) is 0 Å². The summed E-state index contributed by atoms with van der Waals surface area (Å²) in [4.78, 5) is 4.91. The Morgan fingerprint density at radius 1 is 1.47 bits per heavy atom. The standard InChI is InChI=1S/C12H23N3/c1-4-12(6-7-13)15-9-5-8-14(3)10-11(15)2/h11-12H,4-6,8-10H2,1-3H3. The minimum absolute atomic E-state index is 0.455. The third-order valence-electron chi connectivity index (χ3n) is 3.37. The fourth-order valence-corrected chi connectivity index (χ4v) is 2.53. The van der Waals surface area contributed by atoms with Crippen LogP contribution in [0.15, 0.2) is 0 Å². The van der Waals surface area contributed by atoms with Crippen LogP contribution in [0.3, 0.4) is 0 Å². The molecule has 86 valence electrons. The Hall–Kier alpha value is -0.590. The lowest BCUT2D eigenvalue weighted by molar-refractivity contribution is 0.140. The first-order valence-corrected chi connectivity index (χ1v) is 6.00. The van der Waals surface area contributed by atoms with Gasteiger partial charge in [0, 0.05) is 25.2 Å². The zero-order valence-corrected chi connectivity index (χ0v) is 10.2. The van der Waals surface area contributed by atoms with E-state index in [4.69, 9.17) is 5.26 Å². The Bertz CT molecular complexity index is 221. The smallest absolute Gasteiger partial charge is 0.0638 e. The highest BCUT2D eigenvalue weighted by Gasteiger charge is 2.24. The lowest BCUT2D eigenvalue weighted by atomic mass is 10.1. The normalized spacial score (nSPS) is 26.9. The molecule has 0 aromatic carbocycles. The minimum Gasteiger partial charge on any atom is -0.305 e. The van der Waals surface area contributed by atoms with Crippen LogP contribution in [0.2, 0.25) is 0 Å². The summed E-state index contributed by atoms with van der Waals surface area (Å²) in [6.45, 7) is 7.92. The summed E-state index contributed by atoms with van der Waals surface area (Å²) in [5.41, 5.74) is 0. The second-order valence-electron chi connectivity index (χ2n) is 4.63. The highest BCUT2D eigenvalue weighted by molar-refractivity contribution is 4.86. The summed E-state index contributed by atoms with van der Waals surface area (Å²) >= 11 is 0. The van der Waals surface area contributed by atoms with Crippen molar-refractivity contribution in [1.29, 1.82) is 5.26 Å². The van der Waals surface area contributed by atoms with Crippen LogP contribution in [0.4, 0.5) is 0 Å². The van der Waals surface area contributed by atoms with Gasteiger partial charge in [-0.1, -0.05) is 6.92 Å². The van der Waals surface area contributed by atoms with E-state index in [1.54, 1.807) is 0 Å². The van der Waals surface area contributed by atoms with Crippen molar-refractivity contribution >= 4 is 0 Å². The molecule has 1 rings (SSSR count). The average Bonchev–Trinajstić information content (AvgIpc) is 2.36. The van der Waals surface area contributed by atoms with Crippen LogP contribution in [-0.4, -0.2) is 48.6 Å². The second kappa shape index (κ2) is 6.09. The molecule has 0 saturated carbocycles. The van der Waals surface area contributed by atoms with Crippen LogP contribution in [-0.2, 0) is 0 Å². The molecule has 0 aromatic heterocycles. The molecule has 0 amide bonds. The van der Waals surface area contributed by atoms with Crippen LogP contribution >= 0.6 is 0 Å². The SMILES string of the molecule is CCC(CC#N)N1CCCN(C)CC1C. The summed E-state index contributed by atoms with van der Waals surface area (Å²) < 4.78 is 0. The van der Waals surface area contributed by atoms with E-state index in [1.165, 1.54) is 13.0 Å². The van der Waals surface area contributed by atoms with Gasteiger partial charge >= 0.3 is 0 Å². The molecule has 1 aliphatic heterocycles. The summed E-state index contributed by atoms with van der Waals surface area (Å²) in [7, 11) is 2.19. The first kappa shape index (κ1) is 12.5. The highest BCUT2D eigenvalue weighted by Crippen LogP contribution is 2.16. The van der Waals surface area contributed by atoms with Gasteiger partial charge in [0.05, 0.1) is 12.5 Å². The Morgan fingerprint density at radius 2 is 2.20 bits per heavy atom. The molecule has 0 N–H and O–H groups in total. The maximum absolute atomic E-state index is 8.82. The summed E-state index contributed by atoms with van der Waals surface area (Å²) in [6.07, 6.45) is 2.98. The van der Waals surface area contributed by atoms with Crippen molar-refractivity contribution < 1.29 is 0 Å². The van der Waals surface area contributed by atoms with Gasteiger partial charge in [-0.05, 0) is 33.4 Å². The first-order chi connectivity index (χ1) is 7.19. The number of nitriles is 1. The van der Waals surface area contributed by atoms with Gasteiger partial charge in [-0.2, -0.15) is 5.26 Å². The molecule has 1 fully saturated rings. The number of likely N-dealkylation sites (N-methyl/N-ethyl adjacent to an activating group) is 1. The van der Waals surface area contributed by atoms with E-state index >= 15 is 0 Å². The van der Waals surface area contributed by atoms with Crippen molar-refractivity contribution in [3.05, 3.63) is 0 Å². The zero-order chi connectivity index (χ0) is 11.3. The van der Waals surface area contributed by atoms with Gasteiger partial charge in [0.1, 0.15) is 0 Å². The summed E-state index contributed by atoms with van der Waals surface area (Å²) in [6, 6.07) is 3.35. The molecule has 2 atom stereocenters. The van der Waals surface area contributed by atoms with Gasteiger partial charge < -0.3 is 4.90 Å². The molecule has 1 heterocycles. The Kier molecular flexibility index (Phi) is 5.07. The van der Waals surface area contributed by atoms with Crippen LogP contribution in [0, 0.1) is 11.3 Å². The maximum Gasteiger partial charge on any atom is 0.0638 e. The molecular weight excluding hydrogens is 186 g/mol. The van der Waals surface area contributed by atoms with Gasteiger partial charge in [0.2, 0.25) is 0 Å². The van der Waals surface area contributed by atoms with E-state index < -0.39 is 0 Å². The van der Waals surface area contributed by atoms with Crippen molar-refractivity contribution in [2.75, 3.05) is 26.7 Å². The van der Waals surface area contributed by atoms with Gasteiger partial charge in [-0.15, -0.1) is 0 Å². The van der Waals surface area contributed by atoms with Crippen molar-refractivity contribution in [3.63, 3.8) is 0 Å². The molecule has 1 aliphatic rings. The van der Waals surface area contributed by atoms with Crippen LogP contribution < -0.4 is 0 Å². The third-order valence-corrected chi connectivity index (χ3v) is 3.37. The molecule has 0 aliphatic carbocycles. The van der Waals surface area contributed by atoms with E-state index in [0.29, 0.717) is 18.5 Å². The molecule has 1 saturated heterocycles. The second-order valence-corrected chi connectivity index (χ2v) is 4.63. The van der Waals surface area contributed by atoms with Gasteiger partial charge in [-0.25, -0.2) is 0 Å².